The van der Waals surface area contributed by atoms with Gasteiger partial charge in [-0.3, -0.25) is 9.71 Å². The maximum Gasteiger partial charge on any atom is 0.363 e. The summed E-state index contributed by atoms with van der Waals surface area (Å²) in [5, 5.41) is 19.9. The van der Waals surface area contributed by atoms with Crippen molar-refractivity contribution < 1.29 is 44.7 Å². The molecule has 1 aliphatic rings. The highest BCUT2D eigenvalue weighted by molar-refractivity contribution is 7.93. The molecule has 4 aromatic heterocycles. The summed E-state index contributed by atoms with van der Waals surface area (Å²) in [5.74, 6) is -4.30. The number of carboxylic acid groups (broad SMARTS) is 1. The molecule has 0 spiro atoms. The lowest BCUT2D eigenvalue weighted by Gasteiger charge is -2.12. The number of carbonyl (C=O) groups excluding carboxylic acids is 1. The first-order valence-electron chi connectivity index (χ1n) is 12.2. The monoisotopic (exact) mass is 666 g/mol. The number of carboxylic acids is 1. The van der Waals surface area contributed by atoms with Crippen LogP contribution in [0.5, 0.6) is 5.88 Å². The molecule has 18 nitrogen and oxygen atoms in total. The summed E-state index contributed by atoms with van der Waals surface area (Å²) in [6, 6.07) is 5.86. The number of carbonyl (C=O) groups is 2. The van der Waals surface area contributed by atoms with E-state index in [1.807, 2.05) is 0 Å². The van der Waals surface area contributed by atoms with Crippen LogP contribution in [0.1, 0.15) is 33.8 Å². The first-order valence-corrected chi connectivity index (χ1v) is 16.7. The second-order valence-corrected chi connectivity index (χ2v) is 14.2. The number of aromatic nitrogens is 4. The molecule has 0 atom stereocenters. The van der Waals surface area contributed by atoms with Crippen molar-refractivity contribution in [1.29, 1.82) is 0 Å². The van der Waals surface area contributed by atoms with Crippen LogP contribution < -0.4 is 25.5 Å². The van der Waals surface area contributed by atoms with E-state index in [0.29, 0.717) is 16.8 Å². The molecule has 8 N–H and O–H groups in total. The minimum atomic E-state index is -4.98. The number of ether oxygens (including phenoxy) is 1. The largest absolute Gasteiger partial charge is 0.477 e. The maximum absolute atomic E-state index is 13.5. The van der Waals surface area contributed by atoms with Gasteiger partial charge < -0.3 is 15.6 Å². The molecule has 0 unspecified atom stereocenters. The minimum Gasteiger partial charge on any atom is -0.477 e. The lowest BCUT2D eigenvalue weighted by atomic mass is 10.1. The van der Waals surface area contributed by atoms with Crippen molar-refractivity contribution >= 4 is 53.9 Å². The van der Waals surface area contributed by atoms with E-state index < -0.39 is 64.9 Å². The Morgan fingerprint density at radius 1 is 0.909 bits per heavy atom. The van der Waals surface area contributed by atoms with Crippen LogP contribution in [0.15, 0.2) is 55.1 Å². The highest BCUT2D eigenvalue weighted by atomic mass is 32.2. The molecule has 232 valence electrons. The van der Waals surface area contributed by atoms with Gasteiger partial charge in [0, 0.05) is 53.1 Å². The fourth-order valence-corrected chi connectivity index (χ4v) is 7.01. The molecule has 1 aliphatic carbocycles. The molecule has 4 aromatic rings. The fraction of sp³-hybridized carbons (Fsp3) is 0.130. The van der Waals surface area contributed by atoms with Crippen molar-refractivity contribution in [3.63, 3.8) is 0 Å². The van der Waals surface area contributed by atoms with Gasteiger partial charge in [-0.05, 0) is 37.1 Å². The molecule has 44 heavy (non-hydrogen) atoms. The van der Waals surface area contributed by atoms with Gasteiger partial charge in [0.2, 0.25) is 15.9 Å². The number of nitrogens with two attached hydrogens (primary N) is 3. The quantitative estimate of drug-likeness (QED) is 0.139. The van der Waals surface area contributed by atoms with Gasteiger partial charge in [0.05, 0.1) is 10.9 Å². The molecule has 4 heterocycles. The SMILES string of the molecule is Nc1cncc(-c2ccn(S(N)(=O)=O)c2C(=O)Oc2cc(-c3ccc(NS(=O)(=O)C4CC4)nc3)c(C(=O)O)n2S(N)(=O)=O)c1. The molecule has 5 rings (SSSR count). The van der Waals surface area contributed by atoms with Crippen molar-refractivity contribution in [1.82, 2.24) is 17.9 Å². The van der Waals surface area contributed by atoms with Crippen LogP contribution in [0.2, 0.25) is 0 Å². The summed E-state index contributed by atoms with van der Waals surface area (Å²) < 4.78 is 82.1. The predicted molar refractivity (Wildman–Crippen MR) is 154 cm³/mol. The van der Waals surface area contributed by atoms with Crippen molar-refractivity contribution in [2.24, 2.45) is 10.3 Å². The van der Waals surface area contributed by atoms with Gasteiger partial charge in [-0.25, -0.2) is 37.2 Å². The smallest absolute Gasteiger partial charge is 0.363 e. The van der Waals surface area contributed by atoms with E-state index in [1.165, 1.54) is 36.7 Å². The molecule has 0 saturated heterocycles. The number of pyridine rings is 2. The Bertz CT molecular complexity index is 2150. The summed E-state index contributed by atoms with van der Waals surface area (Å²) >= 11 is 0. The van der Waals surface area contributed by atoms with Crippen LogP contribution in [-0.4, -0.2) is 65.5 Å². The highest BCUT2D eigenvalue weighted by Crippen LogP contribution is 2.35. The maximum atomic E-state index is 13.5. The van der Waals surface area contributed by atoms with E-state index >= 15 is 0 Å². The standard InChI is InChI=1S/C23H22N8O10S3/c24-14-7-13(9-27-11-14)16-5-6-30(43(25,37)38)21(16)23(34)41-19-8-17(20(22(32)33)31(19)44(26,39)40)12-1-4-18(28-10-12)29-42(35,36)15-2-3-15/h1,4-11,15H,2-3,24H2,(H,28,29)(H,32,33)(H2,25,37,38)(H2,26,39,40). The molecule has 0 radical (unpaired) electrons. The van der Waals surface area contributed by atoms with Gasteiger partial charge in [0.1, 0.15) is 5.82 Å². The van der Waals surface area contributed by atoms with Crippen LogP contribution in [0, 0.1) is 0 Å². The number of nitrogen functional groups attached to an aromatic ring is 1. The van der Waals surface area contributed by atoms with Gasteiger partial charge >= 0.3 is 32.4 Å². The van der Waals surface area contributed by atoms with E-state index in [9.17, 15) is 39.9 Å². The Morgan fingerprint density at radius 2 is 1.61 bits per heavy atom. The number of nitrogens with one attached hydrogen (secondary N) is 1. The van der Waals surface area contributed by atoms with Crippen LogP contribution >= 0.6 is 0 Å². The molecule has 1 saturated carbocycles. The van der Waals surface area contributed by atoms with E-state index in [-0.39, 0.29) is 37.7 Å². The molecule has 0 bridgehead atoms. The van der Waals surface area contributed by atoms with Crippen LogP contribution in [0.4, 0.5) is 11.5 Å². The zero-order chi connectivity index (χ0) is 32.2. The van der Waals surface area contributed by atoms with Gasteiger partial charge in [-0.1, -0.05) is 0 Å². The Morgan fingerprint density at radius 3 is 2.16 bits per heavy atom. The van der Waals surface area contributed by atoms with Gasteiger partial charge in [-0.15, -0.1) is 0 Å². The van der Waals surface area contributed by atoms with Gasteiger partial charge in [0.15, 0.2) is 11.4 Å². The number of hydrogen-bond donors (Lipinski definition) is 5. The van der Waals surface area contributed by atoms with Crippen LogP contribution in [0.3, 0.4) is 0 Å². The average Bonchev–Trinajstić information content (AvgIpc) is 3.56. The topological polar surface area (TPSA) is 292 Å². The highest BCUT2D eigenvalue weighted by Gasteiger charge is 2.36. The van der Waals surface area contributed by atoms with Crippen molar-refractivity contribution in [3.8, 4) is 28.1 Å². The number of aromatic carboxylic acids is 1. The molecule has 0 aliphatic heterocycles. The third-order valence-corrected chi connectivity index (χ3v) is 9.82. The number of nitrogens with zero attached hydrogens (tertiary/aromatic N) is 4. The average molecular weight is 667 g/mol. The minimum absolute atomic E-state index is 0.0260. The number of esters is 1. The van der Waals surface area contributed by atoms with Crippen LogP contribution in [-0.2, 0) is 30.4 Å². The molecular formula is C23H22N8O10S3. The van der Waals surface area contributed by atoms with Crippen molar-refractivity contribution in [3.05, 3.63) is 66.5 Å². The second-order valence-electron chi connectivity index (χ2n) is 9.45. The number of sulfonamides is 1. The van der Waals surface area contributed by atoms with Gasteiger partial charge in [-0.2, -0.15) is 20.8 Å². The zero-order valence-corrected chi connectivity index (χ0v) is 24.5. The summed E-state index contributed by atoms with van der Waals surface area (Å²) in [6.07, 6.45) is 5.53. The summed E-state index contributed by atoms with van der Waals surface area (Å²) in [5.41, 5.74) is 3.95. The third kappa shape index (κ3) is 5.98. The number of anilines is 2. The first kappa shape index (κ1) is 30.6. The van der Waals surface area contributed by atoms with Crippen molar-refractivity contribution in [2.45, 2.75) is 18.1 Å². The second kappa shape index (κ2) is 10.7. The van der Waals surface area contributed by atoms with Gasteiger partial charge in [0.25, 0.3) is 0 Å². The molecular weight excluding hydrogens is 645 g/mol. The van der Waals surface area contributed by atoms with E-state index in [1.54, 1.807) is 0 Å². The molecule has 21 heteroatoms. The Balaban J connectivity index is 1.61. The molecule has 0 amide bonds. The summed E-state index contributed by atoms with van der Waals surface area (Å²) in [6.45, 7) is 0. The fourth-order valence-electron chi connectivity index (χ4n) is 4.24. The first-order chi connectivity index (χ1) is 20.5. The number of rotatable bonds is 10. The molecule has 1 fully saturated rings. The van der Waals surface area contributed by atoms with E-state index in [4.69, 9.17) is 20.7 Å². The summed E-state index contributed by atoms with van der Waals surface area (Å²) in [7, 11) is -13.3. The summed E-state index contributed by atoms with van der Waals surface area (Å²) in [4.78, 5) is 33.6. The Hall–Kier alpha value is -4.83. The van der Waals surface area contributed by atoms with Crippen molar-refractivity contribution in [2.75, 3.05) is 10.5 Å². The zero-order valence-electron chi connectivity index (χ0n) is 22.1. The number of hydrogen-bond acceptors (Lipinski definition) is 12. The van der Waals surface area contributed by atoms with E-state index in [2.05, 4.69) is 14.7 Å². The lowest BCUT2D eigenvalue weighted by Crippen LogP contribution is -2.29. The Labute approximate surface area is 249 Å². The Kier molecular flexibility index (Phi) is 7.45. The predicted octanol–water partition coefficient (Wildman–Crippen LogP) is -0.0795. The normalized spacial score (nSPS) is 13.9. The van der Waals surface area contributed by atoms with Crippen LogP contribution in [0.25, 0.3) is 22.3 Å². The third-order valence-electron chi connectivity index (χ3n) is 6.26. The van der Waals surface area contributed by atoms with E-state index in [0.717, 1.165) is 18.5 Å². The lowest BCUT2D eigenvalue weighted by molar-refractivity contribution is 0.0675. The molecule has 0 aromatic carbocycles.